The van der Waals surface area contributed by atoms with Crippen LogP contribution in [-0.4, -0.2) is 9.97 Å². The molecule has 2 nitrogen and oxygen atoms in total. The number of hydrogen-bond acceptors (Lipinski definition) is 2. The summed E-state index contributed by atoms with van der Waals surface area (Å²) in [5.41, 5.74) is 6.27. The zero-order valence-electron chi connectivity index (χ0n) is 15.6. The number of aromatic nitrogens is 2. The maximum absolute atomic E-state index is 13.2. The van der Waals surface area contributed by atoms with Gasteiger partial charge in [0.05, 0.1) is 5.69 Å². The molecule has 0 aliphatic carbocycles. The molecular formula is C26H17FN2. The average Bonchev–Trinajstić information content (AvgIpc) is 2.80. The Morgan fingerprint density at radius 2 is 1.10 bits per heavy atom. The molecule has 0 saturated carbocycles. The second-order valence-electron chi connectivity index (χ2n) is 6.95. The highest BCUT2D eigenvalue weighted by Gasteiger charge is 2.05. The van der Waals surface area contributed by atoms with Gasteiger partial charge in [-0.25, -0.2) is 4.39 Å². The standard InChI is InChI=1S/C26H17FN2/c27-25-8-5-18(6-9-25)20-1-2-22-16-23(4-3-21(22)15-20)24-7-10-26(29-17-24)19-11-13-28-14-12-19/h1-17H. The smallest absolute Gasteiger partial charge is 0.123 e. The van der Waals surface area contributed by atoms with Crippen molar-refractivity contribution in [1.29, 1.82) is 0 Å². The molecule has 2 aromatic heterocycles. The van der Waals surface area contributed by atoms with Crippen LogP contribution in [0.2, 0.25) is 0 Å². The van der Waals surface area contributed by atoms with E-state index in [4.69, 9.17) is 0 Å². The highest BCUT2D eigenvalue weighted by atomic mass is 19.1. The van der Waals surface area contributed by atoms with Crippen LogP contribution in [0.15, 0.2) is 104 Å². The lowest BCUT2D eigenvalue weighted by molar-refractivity contribution is 0.628. The quantitative estimate of drug-likeness (QED) is 0.347. The van der Waals surface area contributed by atoms with Crippen LogP contribution < -0.4 is 0 Å². The van der Waals surface area contributed by atoms with Crippen molar-refractivity contribution in [3.63, 3.8) is 0 Å². The Morgan fingerprint density at radius 3 is 1.72 bits per heavy atom. The summed E-state index contributed by atoms with van der Waals surface area (Å²) >= 11 is 0. The SMILES string of the molecule is Fc1ccc(-c2ccc3cc(-c4ccc(-c5ccncc5)nc4)ccc3c2)cc1. The molecule has 0 aliphatic heterocycles. The molecule has 29 heavy (non-hydrogen) atoms. The van der Waals surface area contributed by atoms with E-state index in [1.54, 1.807) is 24.5 Å². The molecule has 0 radical (unpaired) electrons. The van der Waals surface area contributed by atoms with Gasteiger partial charge in [0.15, 0.2) is 0 Å². The lowest BCUT2D eigenvalue weighted by Gasteiger charge is -2.08. The molecule has 0 spiro atoms. The Balaban J connectivity index is 1.47. The number of benzene rings is 3. The van der Waals surface area contributed by atoms with Crippen LogP contribution in [0, 0.1) is 5.82 Å². The van der Waals surface area contributed by atoms with Crippen molar-refractivity contribution < 1.29 is 4.39 Å². The zero-order valence-corrected chi connectivity index (χ0v) is 15.6. The van der Waals surface area contributed by atoms with Gasteiger partial charge >= 0.3 is 0 Å². The van der Waals surface area contributed by atoms with Crippen LogP contribution in [0.25, 0.3) is 44.3 Å². The van der Waals surface area contributed by atoms with Crippen molar-refractivity contribution in [1.82, 2.24) is 9.97 Å². The van der Waals surface area contributed by atoms with Crippen molar-refractivity contribution in [2.24, 2.45) is 0 Å². The Bertz CT molecular complexity index is 1280. The third-order valence-electron chi connectivity index (χ3n) is 5.09. The van der Waals surface area contributed by atoms with Gasteiger partial charge in [0, 0.05) is 29.7 Å². The number of pyridine rings is 2. The minimum absolute atomic E-state index is 0.220. The van der Waals surface area contributed by atoms with Gasteiger partial charge < -0.3 is 0 Å². The predicted octanol–water partition coefficient (Wildman–Crippen LogP) is 6.77. The summed E-state index contributed by atoms with van der Waals surface area (Å²) in [7, 11) is 0. The highest BCUT2D eigenvalue weighted by molar-refractivity contribution is 5.90. The van der Waals surface area contributed by atoms with Gasteiger partial charge in [-0.15, -0.1) is 0 Å². The minimum atomic E-state index is -0.220. The van der Waals surface area contributed by atoms with Gasteiger partial charge in [0.2, 0.25) is 0 Å². The summed E-state index contributed by atoms with van der Waals surface area (Å²) in [4.78, 5) is 8.66. The summed E-state index contributed by atoms with van der Waals surface area (Å²) < 4.78 is 13.2. The molecule has 3 aromatic carbocycles. The lowest BCUT2D eigenvalue weighted by Crippen LogP contribution is -1.86. The molecule has 0 N–H and O–H groups in total. The first kappa shape index (κ1) is 17.3. The van der Waals surface area contributed by atoms with E-state index in [1.165, 1.54) is 12.1 Å². The van der Waals surface area contributed by atoms with Gasteiger partial charge in [-0.3, -0.25) is 9.97 Å². The number of hydrogen-bond donors (Lipinski definition) is 0. The molecule has 0 bridgehead atoms. The van der Waals surface area contributed by atoms with Crippen LogP contribution in [0.4, 0.5) is 4.39 Å². The second-order valence-corrected chi connectivity index (χ2v) is 6.95. The van der Waals surface area contributed by atoms with E-state index >= 15 is 0 Å². The van der Waals surface area contributed by atoms with Gasteiger partial charge in [-0.1, -0.05) is 42.5 Å². The molecule has 3 heteroatoms. The fourth-order valence-corrected chi connectivity index (χ4v) is 3.51. The first-order chi connectivity index (χ1) is 14.3. The van der Waals surface area contributed by atoms with Crippen molar-refractivity contribution in [2.45, 2.75) is 0 Å². The Morgan fingerprint density at radius 1 is 0.517 bits per heavy atom. The fourth-order valence-electron chi connectivity index (χ4n) is 3.51. The Kier molecular flexibility index (Phi) is 4.34. The molecular weight excluding hydrogens is 359 g/mol. The summed E-state index contributed by atoms with van der Waals surface area (Å²) in [5.74, 6) is -0.220. The van der Waals surface area contributed by atoms with E-state index in [0.717, 1.165) is 44.3 Å². The molecule has 0 atom stereocenters. The molecule has 5 aromatic rings. The van der Waals surface area contributed by atoms with Crippen molar-refractivity contribution in [3.05, 3.63) is 109 Å². The normalized spacial score (nSPS) is 10.9. The summed E-state index contributed by atoms with van der Waals surface area (Å²) in [6.45, 7) is 0. The van der Waals surface area contributed by atoms with E-state index in [1.807, 2.05) is 24.4 Å². The lowest BCUT2D eigenvalue weighted by atomic mass is 9.98. The summed E-state index contributed by atoms with van der Waals surface area (Å²) in [5, 5.41) is 2.31. The number of nitrogens with zero attached hydrogens (tertiary/aromatic N) is 2. The van der Waals surface area contributed by atoms with Gasteiger partial charge in [-0.05, 0) is 69.9 Å². The van der Waals surface area contributed by atoms with Crippen LogP contribution in [0.1, 0.15) is 0 Å². The minimum Gasteiger partial charge on any atom is -0.265 e. The van der Waals surface area contributed by atoms with E-state index in [2.05, 4.69) is 52.4 Å². The summed E-state index contributed by atoms with van der Waals surface area (Å²) in [6, 6.07) is 27.4. The van der Waals surface area contributed by atoms with Crippen LogP contribution in [-0.2, 0) is 0 Å². The number of rotatable bonds is 3. The van der Waals surface area contributed by atoms with E-state index in [0.29, 0.717) is 0 Å². The molecule has 2 heterocycles. The number of fused-ring (bicyclic) bond motifs is 1. The van der Waals surface area contributed by atoms with Gasteiger partial charge in [-0.2, -0.15) is 0 Å². The molecule has 0 amide bonds. The highest BCUT2D eigenvalue weighted by Crippen LogP contribution is 2.29. The van der Waals surface area contributed by atoms with Gasteiger partial charge in [0.1, 0.15) is 5.82 Å². The van der Waals surface area contributed by atoms with E-state index < -0.39 is 0 Å². The van der Waals surface area contributed by atoms with E-state index in [-0.39, 0.29) is 5.82 Å². The van der Waals surface area contributed by atoms with Crippen LogP contribution >= 0.6 is 0 Å². The third-order valence-corrected chi connectivity index (χ3v) is 5.09. The van der Waals surface area contributed by atoms with Crippen molar-refractivity contribution in [2.75, 3.05) is 0 Å². The molecule has 138 valence electrons. The molecule has 0 aliphatic rings. The topological polar surface area (TPSA) is 25.8 Å². The molecule has 5 rings (SSSR count). The monoisotopic (exact) mass is 376 g/mol. The first-order valence-electron chi connectivity index (χ1n) is 9.43. The van der Waals surface area contributed by atoms with Crippen molar-refractivity contribution >= 4 is 10.8 Å². The van der Waals surface area contributed by atoms with Crippen LogP contribution in [0.3, 0.4) is 0 Å². The Hall–Kier alpha value is -3.85. The fraction of sp³-hybridized carbons (Fsp3) is 0. The predicted molar refractivity (Wildman–Crippen MR) is 116 cm³/mol. The molecule has 0 unspecified atom stereocenters. The number of halogens is 1. The third kappa shape index (κ3) is 3.50. The van der Waals surface area contributed by atoms with Crippen molar-refractivity contribution in [3.8, 4) is 33.5 Å². The summed E-state index contributed by atoms with van der Waals surface area (Å²) in [6.07, 6.45) is 5.45. The average molecular weight is 376 g/mol. The van der Waals surface area contributed by atoms with Crippen LogP contribution in [0.5, 0.6) is 0 Å². The zero-order chi connectivity index (χ0) is 19.6. The second kappa shape index (κ2) is 7.28. The maximum atomic E-state index is 13.2. The van der Waals surface area contributed by atoms with Gasteiger partial charge in [0.25, 0.3) is 0 Å². The van der Waals surface area contributed by atoms with E-state index in [9.17, 15) is 4.39 Å². The maximum Gasteiger partial charge on any atom is 0.123 e. The first-order valence-corrected chi connectivity index (χ1v) is 9.43. The largest absolute Gasteiger partial charge is 0.265 e. The molecule has 0 saturated heterocycles. The Labute approximate surface area is 168 Å². The molecule has 0 fully saturated rings.